The van der Waals surface area contributed by atoms with E-state index in [1.165, 1.54) is 0 Å². The molecule has 0 radical (unpaired) electrons. The monoisotopic (exact) mass is 290 g/mol. The quantitative estimate of drug-likeness (QED) is 0.888. The maximum Gasteiger partial charge on any atom is 0.128 e. The Morgan fingerprint density at radius 1 is 1.35 bits per heavy atom. The average Bonchev–Trinajstić information content (AvgIpc) is 2.43. The van der Waals surface area contributed by atoms with E-state index in [4.69, 9.17) is 17.3 Å². The summed E-state index contributed by atoms with van der Waals surface area (Å²) in [6.07, 6.45) is 4.39. The van der Waals surface area contributed by atoms with Crippen LogP contribution in [0.3, 0.4) is 0 Å². The predicted octanol–water partition coefficient (Wildman–Crippen LogP) is 3.11. The number of aromatic nitrogens is 2. The Hall–Kier alpha value is -1.65. The number of aryl methyl sites for hydroxylation is 1. The van der Waals surface area contributed by atoms with Gasteiger partial charge >= 0.3 is 0 Å². The second-order valence-electron chi connectivity index (χ2n) is 4.77. The molecule has 3 N–H and O–H groups in total. The minimum Gasteiger partial charge on any atom is -0.383 e. The maximum absolute atomic E-state index is 6.05. The highest BCUT2D eigenvalue weighted by molar-refractivity contribution is 6.30. The number of hydrogen-bond acceptors (Lipinski definition) is 4. The van der Waals surface area contributed by atoms with Crippen LogP contribution in [0.1, 0.15) is 36.2 Å². The first-order valence-corrected chi connectivity index (χ1v) is 7.06. The molecule has 0 saturated heterocycles. The van der Waals surface area contributed by atoms with E-state index in [2.05, 4.69) is 22.2 Å². The Morgan fingerprint density at radius 3 is 2.85 bits per heavy atom. The van der Waals surface area contributed by atoms with Crippen LogP contribution in [-0.4, -0.2) is 16.5 Å². The van der Waals surface area contributed by atoms with Crippen LogP contribution in [0.5, 0.6) is 0 Å². The fraction of sp³-hybridized carbons (Fsp3) is 0.333. The van der Waals surface area contributed by atoms with Crippen molar-refractivity contribution in [3.05, 3.63) is 52.4 Å². The number of nitrogens with zero attached hydrogens (tertiary/aromatic N) is 2. The molecular formula is C15H19ClN4. The van der Waals surface area contributed by atoms with E-state index in [9.17, 15) is 0 Å². The smallest absolute Gasteiger partial charge is 0.128 e. The number of anilines is 1. The van der Waals surface area contributed by atoms with E-state index >= 15 is 0 Å². The topological polar surface area (TPSA) is 63.8 Å². The van der Waals surface area contributed by atoms with Crippen molar-refractivity contribution < 1.29 is 0 Å². The summed E-state index contributed by atoms with van der Waals surface area (Å²) in [4.78, 5) is 8.58. The van der Waals surface area contributed by atoms with Gasteiger partial charge in [0.1, 0.15) is 5.82 Å². The molecule has 0 spiro atoms. The number of halogens is 1. The predicted molar refractivity (Wildman–Crippen MR) is 82.8 cm³/mol. The minimum absolute atomic E-state index is 0.0963. The van der Waals surface area contributed by atoms with Crippen molar-refractivity contribution in [2.24, 2.45) is 0 Å². The molecule has 20 heavy (non-hydrogen) atoms. The largest absolute Gasteiger partial charge is 0.383 e. The van der Waals surface area contributed by atoms with Crippen LogP contribution in [0.4, 0.5) is 5.82 Å². The molecule has 5 heteroatoms. The molecular weight excluding hydrogens is 272 g/mol. The Morgan fingerprint density at radius 2 is 2.15 bits per heavy atom. The first kappa shape index (κ1) is 14.8. The van der Waals surface area contributed by atoms with E-state index < -0.39 is 0 Å². The van der Waals surface area contributed by atoms with Crippen LogP contribution in [0.25, 0.3) is 0 Å². The summed E-state index contributed by atoms with van der Waals surface area (Å²) < 4.78 is 0. The zero-order valence-corrected chi connectivity index (χ0v) is 12.5. The van der Waals surface area contributed by atoms with E-state index in [-0.39, 0.29) is 6.04 Å². The number of nitrogen functional groups attached to an aromatic ring is 1. The molecule has 0 saturated carbocycles. The summed E-state index contributed by atoms with van der Waals surface area (Å²) in [6.45, 7) is 5.03. The van der Waals surface area contributed by atoms with E-state index in [0.29, 0.717) is 10.8 Å². The molecule has 0 aliphatic heterocycles. The third-order valence-electron chi connectivity index (χ3n) is 3.06. The van der Waals surface area contributed by atoms with Gasteiger partial charge in [0.15, 0.2) is 0 Å². The lowest BCUT2D eigenvalue weighted by Crippen LogP contribution is -2.25. The third-order valence-corrected chi connectivity index (χ3v) is 3.26. The SMILES string of the molecule is CCCNC(c1cc(C)ccn1)c1cc(Cl)cnc1N. The Labute approximate surface area is 124 Å². The first-order chi connectivity index (χ1) is 9.61. The highest BCUT2D eigenvalue weighted by Gasteiger charge is 2.18. The molecule has 106 valence electrons. The summed E-state index contributed by atoms with van der Waals surface area (Å²) in [5, 5.41) is 4.03. The van der Waals surface area contributed by atoms with Gasteiger partial charge in [-0.15, -0.1) is 0 Å². The van der Waals surface area contributed by atoms with Crippen molar-refractivity contribution in [1.29, 1.82) is 0 Å². The highest BCUT2D eigenvalue weighted by atomic mass is 35.5. The van der Waals surface area contributed by atoms with Crippen LogP contribution >= 0.6 is 11.6 Å². The van der Waals surface area contributed by atoms with Crippen molar-refractivity contribution in [2.75, 3.05) is 12.3 Å². The fourth-order valence-corrected chi connectivity index (χ4v) is 2.24. The van der Waals surface area contributed by atoms with Gasteiger partial charge < -0.3 is 11.1 Å². The normalized spacial score (nSPS) is 12.3. The zero-order chi connectivity index (χ0) is 14.5. The van der Waals surface area contributed by atoms with Gasteiger partial charge in [0.2, 0.25) is 0 Å². The lowest BCUT2D eigenvalue weighted by atomic mass is 10.0. The molecule has 0 aliphatic carbocycles. The molecule has 1 unspecified atom stereocenters. The summed E-state index contributed by atoms with van der Waals surface area (Å²) >= 11 is 6.05. The number of hydrogen-bond donors (Lipinski definition) is 2. The Balaban J connectivity index is 2.44. The maximum atomic E-state index is 6.05. The first-order valence-electron chi connectivity index (χ1n) is 6.68. The number of nitrogens with two attached hydrogens (primary N) is 1. The molecule has 0 amide bonds. The Bertz CT molecular complexity index is 586. The number of rotatable bonds is 5. The van der Waals surface area contributed by atoms with Crippen molar-refractivity contribution in [3.8, 4) is 0 Å². The fourth-order valence-electron chi connectivity index (χ4n) is 2.08. The van der Waals surface area contributed by atoms with E-state index in [1.54, 1.807) is 12.4 Å². The summed E-state index contributed by atoms with van der Waals surface area (Å²) in [5.74, 6) is 0.478. The third kappa shape index (κ3) is 3.46. The minimum atomic E-state index is -0.0963. The van der Waals surface area contributed by atoms with Crippen LogP contribution in [0.15, 0.2) is 30.6 Å². The highest BCUT2D eigenvalue weighted by Crippen LogP contribution is 2.27. The average molecular weight is 291 g/mol. The molecule has 2 aromatic rings. The molecule has 4 nitrogen and oxygen atoms in total. The van der Waals surface area contributed by atoms with Gasteiger partial charge in [0.25, 0.3) is 0 Å². The number of pyridine rings is 2. The van der Waals surface area contributed by atoms with Crippen molar-refractivity contribution in [1.82, 2.24) is 15.3 Å². The molecule has 1 atom stereocenters. The van der Waals surface area contributed by atoms with Gasteiger partial charge in [-0.2, -0.15) is 0 Å². The van der Waals surface area contributed by atoms with Crippen LogP contribution in [0.2, 0.25) is 5.02 Å². The standard InChI is InChI=1S/C15H19ClN4/c1-3-5-19-14(13-7-10(2)4-6-18-13)12-8-11(16)9-20-15(12)17/h4,6-9,14,19H,3,5H2,1-2H3,(H2,17,20). The molecule has 0 aromatic carbocycles. The Kier molecular flexibility index (Phi) is 4.93. The molecule has 2 heterocycles. The van der Waals surface area contributed by atoms with Crippen LogP contribution in [-0.2, 0) is 0 Å². The van der Waals surface area contributed by atoms with Gasteiger partial charge in [0, 0.05) is 18.0 Å². The number of nitrogens with one attached hydrogen (secondary N) is 1. The van der Waals surface area contributed by atoms with Gasteiger partial charge in [-0.25, -0.2) is 4.98 Å². The van der Waals surface area contributed by atoms with Crippen LogP contribution in [0, 0.1) is 6.92 Å². The van der Waals surface area contributed by atoms with E-state index in [1.807, 2.05) is 25.1 Å². The van der Waals surface area contributed by atoms with Gasteiger partial charge in [-0.3, -0.25) is 4.98 Å². The second-order valence-corrected chi connectivity index (χ2v) is 5.21. The molecule has 0 bridgehead atoms. The lowest BCUT2D eigenvalue weighted by Gasteiger charge is -2.20. The van der Waals surface area contributed by atoms with Gasteiger partial charge in [-0.1, -0.05) is 18.5 Å². The van der Waals surface area contributed by atoms with Gasteiger partial charge in [-0.05, 0) is 43.7 Å². The molecule has 2 rings (SSSR count). The van der Waals surface area contributed by atoms with Crippen molar-refractivity contribution in [3.63, 3.8) is 0 Å². The van der Waals surface area contributed by atoms with Gasteiger partial charge in [0.05, 0.1) is 16.8 Å². The molecule has 0 aliphatic rings. The molecule has 2 aromatic heterocycles. The zero-order valence-electron chi connectivity index (χ0n) is 11.7. The van der Waals surface area contributed by atoms with Crippen LogP contribution < -0.4 is 11.1 Å². The molecule has 0 fully saturated rings. The summed E-state index contributed by atoms with van der Waals surface area (Å²) in [7, 11) is 0. The second kappa shape index (κ2) is 6.68. The lowest BCUT2D eigenvalue weighted by molar-refractivity contribution is 0.586. The summed E-state index contributed by atoms with van der Waals surface area (Å²) in [6, 6.07) is 5.77. The van der Waals surface area contributed by atoms with Crippen molar-refractivity contribution >= 4 is 17.4 Å². The van der Waals surface area contributed by atoms with E-state index in [0.717, 1.165) is 29.8 Å². The summed E-state index contributed by atoms with van der Waals surface area (Å²) in [5.41, 5.74) is 8.95. The van der Waals surface area contributed by atoms with Crippen molar-refractivity contribution in [2.45, 2.75) is 26.3 Å².